The molecule has 0 aromatic rings. The number of phosphoric acid groups is 1. The van der Waals surface area contributed by atoms with E-state index in [9.17, 15) is 19.0 Å². The minimum atomic E-state index is -4.37. The summed E-state index contributed by atoms with van der Waals surface area (Å²) in [4.78, 5) is 34.8. The molecule has 0 radical (unpaired) electrons. The van der Waals surface area contributed by atoms with E-state index in [-0.39, 0.29) is 38.6 Å². The first-order valence-corrected chi connectivity index (χ1v) is 23.8. The van der Waals surface area contributed by atoms with Crippen molar-refractivity contribution in [2.75, 3.05) is 26.4 Å². The van der Waals surface area contributed by atoms with Gasteiger partial charge >= 0.3 is 19.8 Å². The SMILES string of the molecule is CCCCCCC/C=C\C/C=C\CCCCCCCCCCCC(=O)OC(COC(=O)CCCCCCCCCCCCCC)COP(=O)(O)OCCN. The van der Waals surface area contributed by atoms with E-state index in [4.69, 9.17) is 24.3 Å². The third-order valence-electron chi connectivity index (χ3n) is 9.59. The summed E-state index contributed by atoms with van der Waals surface area (Å²) in [5, 5.41) is 0. The van der Waals surface area contributed by atoms with Gasteiger partial charge < -0.3 is 20.1 Å². The first-order valence-electron chi connectivity index (χ1n) is 22.3. The predicted octanol–water partition coefficient (Wildman–Crippen LogP) is 12.8. The molecule has 10 heteroatoms. The average Bonchev–Trinajstić information content (AvgIpc) is 3.16. The molecule has 0 aliphatic carbocycles. The van der Waals surface area contributed by atoms with Gasteiger partial charge in [-0.05, 0) is 44.9 Å². The van der Waals surface area contributed by atoms with Gasteiger partial charge in [0.1, 0.15) is 6.61 Å². The number of allylic oxidation sites excluding steroid dienone is 4. The van der Waals surface area contributed by atoms with E-state index in [0.29, 0.717) is 6.42 Å². The van der Waals surface area contributed by atoms with Crippen LogP contribution in [0, 0.1) is 0 Å². The fraction of sp³-hybridized carbons (Fsp3) is 0.864. The number of ether oxygens (including phenoxy) is 2. The van der Waals surface area contributed by atoms with Crippen molar-refractivity contribution in [3.63, 3.8) is 0 Å². The molecular formula is C44H84NO8P. The Bertz CT molecular complexity index is 944. The fourth-order valence-electron chi connectivity index (χ4n) is 6.25. The van der Waals surface area contributed by atoms with Gasteiger partial charge in [0, 0.05) is 19.4 Å². The van der Waals surface area contributed by atoms with Crippen molar-refractivity contribution >= 4 is 19.8 Å². The van der Waals surface area contributed by atoms with E-state index in [1.807, 2.05) is 0 Å². The van der Waals surface area contributed by atoms with Crippen molar-refractivity contribution in [2.24, 2.45) is 5.73 Å². The summed E-state index contributed by atoms with van der Waals surface area (Å²) in [6.07, 6.45) is 43.5. The second-order valence-corrected chi connectivity index (χ2v) is 16.4. The highest BCUT2D eigenvalue weighted by molar-refractivity contribution is 7.47. The van der Waals surface area contributed by atoms with Crippen molar-refractivity contribution in [1.82, 2.24) is 0 Å². The zero-order chi connectivity index (χ0) is 39.6. The molecule has 0 rings (SSSR count). The van der Waals surface area contributed by atoms with Crippen LogP contribution in [0.5, 0.6) is 0 Å². The quantitative estimate of drug-likeness (QED) is 0.0268. The molecule has 0 aromatic heterocycles. The summed E-state index contributed by atoms with van der Waals surface area (Å²) in [6.45, 7) is 3.73. The summed E-state index contributed by atoms with van der Waals surface area (Å²) in [5.74, 6) is -0.826. The maximum Gasteiger partial charge on any atom is 0.472 e. The normalized spacial score (nSPS) is 13.5. The Morgan fingerprint density at radius 3 is 1.41 bits per heavy atom. The molecule has 2 atom stereocenters. The van der Waals surface area contributed by atoms with Crippen LogP contribution < -0.4 is 5.73 Å². The lowest BCUT2D eigenvalue weighted by atomic mass is 10.0. The van der Waals surface area contributed by atoms with E-state index in [2.05, 4.69) is 38.2 Å². The summed E-state index contributed by atoms with van der Waals surface area (Å²) >= 11 is 0. The summed E-state index contributed by atoms with van der Waals surface area (Å²) < 4.78 is 32.8. The molecule has 0 saturated carbocycles. The zero-order valence-electron chi connectivity index (χ0n) is 35.0. The highest BCUT2D eigenvalue weighted by Gasteiger charge is 2.26. The van der Waals surface area contributed by atoms with Crippen LogP contribution in [0.4, 0.5) is 0 Å². The van der Waals surface area contributed by atoms with Crippen LogP contribution in [-0.2, 0) is 32.7 Å². The van der Waals surface area contributed by atoms with Gasteiger partial charge in [-0.15, -0.1) is 0 Å². The van der Waals surface area contributed by atoms with Gasteiger partial charge in [-0.3, -0.25) is 18.6 Å². The molecule has 0 fully saturated rings. The Hall–Kier alpha value is -1.51. The number of nitrogens with two attached hydrogens (primary N) is 1. The molecule has 318 valence electrons. The van der Waals surface area contributed by atoms with Gasteiger partial charge in [0.25, 0.3) is 0 Å². The second-order valence-electron chi connectivity index (χ2n) is 14.9. The Balaban J connectivity index is 4.09. The van der Waals surface area contributed by atoms with Crippen molar-refractivity contribution in [3.05, 3.63) is 24.3 Å². The van der Waals surface area contributed by atoms with E-state index >= 15 is 0 Å². The van der Waals surface area contributed by atoms with E-state index in [0.717, 1.165) is 51.4 Å². The third-order valence-corrected chi connectivity index (χ3v) is 10.6. The van der Waals surface area contributed by atoms with Crippen LogP contribution >= 0.6 is 7.82 Å². The minimum Gasteiger partial charge on any atom is -0.462 e. The van der Waals surface area contributed by atoms with Gasteiger partial charge in [0.15, 0.2) is 6.10 Å². The number of carbonyl (C=O) groups is 2. The molecule has 0 aromatic carbocycles. The van der Waals surface area contributed by atoms with Crippen molar-refractivity contribution < 1.29 is 37.6 Å². The number of hydrogen-bond donors (Lipinski definition) is 2. The lowest BCUT2D eigenvalue weighted by Crippen LogP contribution is -2.29. The maximum atomic E-state index is 12.6. The maximum absolute atomic E-state index is 12.6. The van der Waals surface area contributed by atoms with Crippen LogP contribution in [0.1, 0.15) is 213 Å². The largest absolute Gasteiger partial charge is 0.472 e. The highest BCUT2D eigenvalue weighted by Crippen LogP contribution is 2.43. The summed E-state index contributed by atoms with van der Waals surface area (Å²) in [7, 11) is -4.37. The molecule has 0 aliphatic heterocycles. The lowest BCUT2D eigenvalue weighted by Gasteiger charge is -2.19. The number of hydrogen-bond acceptors (Lipinski definition) is 8. The van der Waals surface area contributed by atoms with Gasteiger partial charge in [0.2, 0.25) is 0 Å². The molecule has 9 nitrogen and oxygen atoms in total. The smallest absolute Gasteiger partial charge is 0.462 e. The third kappa shape index (κ3) is 40.2. The number of phosphoric ester groups is 1. The molecule has 3 N–H and O–H groups in total. The molecule has 0 saturated heterocycles. The number of unbranched alkanes of at least 4 members (excludes halogenated alkanes) is 25. The second kappa shape index (κ2) is 41.1. The van der Waals surface area contributed by atoms with Crippen molar-refractivity contribution in [2.45, 2.75) is 219 Å². The van der Waals surface area contributed by atoms with Crippen LogP contribution in [0.2, 0.25) is 0 Å². The number of esters is 2. The van der Waals surface area contributed by atoms with E-state index in [1.54, 1.807) is 0 Å². The Labute approximate surface area is 332 Å². The fourth-order valence-corrected chi connectivity index (χ4v) is 7.02. The lowest BCUT2D eigenvalue weighted by molar-refractivity contribution is -0.161. The topological polar surface area (TPSA) is 134 Å². The van der Waals surface area contributed by atoms with Gasteiger partial charge in [0.05, 0.1) is 13.2 Å². The van der Waals surface area contributed by atoms with Crippen LogP contribution in [0.25, 0.3) is 0 Å². The predicted molar refractivity (Wildman–Crippen MR) is 224 cm³/mol. The molecule has 54 heavy (non-hydrogen) atoms. The first-order chi connectivity index (χ1) is 26.3. The molecule has 2 unspecified atom stereocenters. The minimum absolute atomic E-state index is 0.0543. The molecule has 0 amide bonds. The molecular weight excluding hydrogens is 701 g/mol. The number of carbonyl (C=O) groups excluding carboxylic acids is 2. The summed E-state index contributed by atoms with van der Waals surface area (Å²) in [6, 6.07) is 0. The van der Waals surface area contributed by atoms with Gasteiger partial charge in [-0.25, -0.2) is 4.57 Å². The van der Waals surface area contributed by atoms with Gasteiger partial charge in [-0.1, -0.05) is 179 Å². The highest BCUT2D eigenvalue weighted by atomic mass is 31.2. The monoisotopic (exact) mass is 786 g/mol. The first kappa shape index (κ1) is 52.5. The van der Waals surface area contributed by atoms with Crippen molar-refractivity contribution in [3.8, 4) is 0 Å². The Morgan fingerprint density at radius 2 is 0.963 bits per heavy atom. The molecule has 0 bridgehead atoms. The zero-order valence-corrected chi connectivity index (χ0v) is 35.9. The summed E-state index contributed by atoms with van der Waals surface area (Å²) in [5.41, 5.74) is 5.35. The Kier molecular flexibility index (Phi) is 40.0. The molecule has 0 spiro atoms. The van der Waals surface area contributed by atoms with Crippen LogP contribution in [-0.4, -0.2) is 49.3 Å². The van der Waals surface area contributed by atoms with Gasteiger partial charge in [-0.2, -0.15) is 0 Å². The molecule has 0 heterocycles. The average molecular weight is 786 g/mol. The Morgan fingerprint density at radius 1 is 0.556 bits per heavy atom. The van der Waals surface area contributed by atoms with E-state index < -0.39 is 26.5 Å². The molecule has 0 aliphatic rings. The van der Waals surface area contributed by atoms with Crippen molar-refractivity contribution in [1.29, 1.82) is 0 Å². The number of rotatable bonds is 42. The van der Waals surface area contributed by atoms with Crippen LogP contribution in [0.15, 0.2) is 24.3 Å². The van der Waals surface area contributed by atoms with E-state index in [1.165, 1.54) is 128 Å². The van der Waals surface area contributed by atoms with Crippen LogP contribution in [0.3, 0.4) is 0 Å². The standard InChI is InChI=1S/C44H84NO8P/c1-3-5-7-9-11-13-15-17-18-19-20-21-22-23-24-25-27-29-31-33-35-37-44(47)53-42(41-52-54(48,49)51-39-38-45)40-50-43(46)36-34-32-30-28-26-16-14-12-10-8-6-4-2/h15,17,19-20,42H,3-14,16,18,21-41,45H2,1-2H3,(H,48,49)/b17-15-,20-19-.